The first kappa shape index (κ1) is 8.61. The van der Waals surface area contributed by atoms with Gasteiger partial charge in [-0.25, -0.2) is 4.98 Å². The lowest BCUT2D eigenvalue weighted by molar-refractivity contribution is 0.324. The first-order valence-corrected chi connectivity index (χ1v) is 3.84. The van der Waals surface area contributed by atoms with Crippen LogP contribution in [0.15, 0.2) is 12.3 Å². The minimum atomic E-state index is 0.628. The molecule has 0 aliphatic heterocycles. The summed E-state index contributed by atoms with van der Waals surface area (Å²) in [5, 5.41) is 0. The first-order valence-electron chi connectivity index (χ1n) is 3.84. The van der Waals surface area contributed by atoms with Crippen molar-refractivity contribution in [2.75, 3.05) is 6.61 Å². The van der Waals surface area contributed by atoms with Gasteiger partial charge in [-0.2, -0.15) is 0 Å². The molecule has 0 fully saturated rings. The third kappa shape index (κ3) is 1.76. The predicted octanol–water partition coefficient (Wildman–Crippen LogP) is 1.77. The van der Waals surface area contributed by atoms with E-state index in [9.17, 15) is 0 Å². The standard InChI is InChI=1S/C10H11NO/c1-4-9-6-8(3)10(11-7-9)12-5-2/h1,6-7H,5H2,2-3H3. The number of aromatic nitrogens is 1. The maximum Gasteiger partial charge on any atom is 0.216 e. The smallest absolute Gasteiger partial charge is 0.216 e. The second kappa shape index (κ2) is 3.77. The number of hydrogen-bond acceptors (Lipinski definition) is 2. The van der Waals surface area contributed by atoms with Gasteiger partial charge < -0.3 is 4.74 Å². The van der Waals surface area contributed by atoms with Crippen molar-refractivity contribution in [3.63, 3.8) is 0 Å². The summed E-state index contributed by atoms with van der Waals surface area (Å²) in [5.74, 6) is 3.18. The van der Waals surface area contributed by atoms with Crippen LogP contribution in [0.4, 0.5) is 0 Å². The van der Waals surface area contributed by atoms with E-state index in [2.05, 4.69) is 10.9 Å². The van der Waals surface area contributed by atoms with Crippen molar-refractivity contribution in [3.05, 3.63) is 23.4 Å². The van der Waals surface area contributed by atoms with Crippen molar-refractivity contribution in [1.29, 1.82) is 0 Å². The van der Waals surface area contributed by atoms with Crippen molar-refractivity contribution in [3.8, 4) is 18.2 Å². The molecule has 0 saturated heterocycles. The number of aryl methyl sites for hydroxylation is 1. The number of ether oxygens (including phenoxy) is 1. The van der Waals surface area contributed by atoms with Crippen LogP contribution in [0.3, 0.4) is 0 Å². The molecule has 0 bridgehead atoms. The fourth-order valence-electron chi connectivity index (χ4n) is 0.929. The highest BCUT2D eigenvalue weighted by Gasteiger charge is 1.99. The average Bonchev–Trinajstić information content (AvgIpc) is 2.09. The summed E-state index contributed by atoms with van der Waals surface area (Å²) in [4.78, 5) is 4.07. The quantitative estimate of drug-likeness (QED) is 0.617. The molecule has 0 aliphatic carbocycles. The van der Waals surface area contributed by atoms with Crippen molar-refractivity contribution < 1.29 is 4.74 Å². The zero-order valence-corrected chi connectivity index (χ0v) is 7.29. The molecule has 0 radical (unpaired) electrons. The zero-order valence-electron chi connectivity index (χ0n) is 7.29. The average molecular weight is 161 g/mol. The van der Waals surface area contributed by atoms with E-state index in [1.807, 2.05) is 19.9 Å². The molecule has 0 unspecified atom stereocenters. The molecule has 2 heteroatoms. The van der Waals surface area contributed by atoms with Crippen LogP contribution < -0.4 is 4.74 Å². The first-order chi connectivity index (χ1) is 5.77. The molecule has 0 amide bonds. The molecular formula is C10H11NO. The van der Waals surface area contributed by atoms with Crippen molar-refractivity contribution in [2.45, 2.75) is 13.8 Å². The van der Waals surface area contributed by atoms with Gasteiger partial charge in [0.1, 0.15) is 0 Å². The largest absolute Gasteiger partial charge is 0.478 e. The molecule has 1 rings (SSSR count). The highest BCUT2D eigenvalue weighted by atomic mass is 16.5. The maximum absolute atomic E-state index is 5.26. The van der Waals surface area contributed by atoms with E-state index in [1.54, 1.807) is 6.20 Å². The zero-order chi connectivity index (χ0) is 8.97. The van der Waals surface area contributed by atoms with Gasteiger partial charge in [0.2, 0.25) is 5.88 Å². The molecule has 2 nitrogen and oxygen atoms in total. The van der Waals surface area contributed by atoms with Gasteiger partial charge in [-0.15, -0.1) is 6.42 Å². The Balaban J connectivity index is 2.97. The molecule has 0 aromatic carbocycles. The van der Waals surface area contributed by atoms with Gasteiger partial charge >= 0.3 is 0 Å². The fraction of sp³-hybridized carbons (Fsp3) is 0.300. The maximum atomic E-state index is 5.26. The Morgan fingerprint density at radius 3 is 2.92 bits per heavy atom. The topological polar surface area (TPSA) is 22.1 Å². The normalized spacial score (nSPS) is 9.08. The SMILES string of the molecule is C#Cc1cnc(OCC)c(C)c1. The van der Waals surface area contributed by atoms with Crippen LogP contribution in [0.25, 0.3) is 0 Å². The Hall–Kier alpha value is -1.49. The highest BCUT2D eigenvalue weighted by molar-refractivity contribution is 5.36. The Bertz CT molecular complexity index is 312. The second-order valence-electron chi connectivity index (χ2n) is 2.42. The third-order valence-corrected chi connectivity index (χ3v) is 1.48. The molecule has 12 heavy (non-hydrogen) atoms. The van der Waals surface area contributed by atoms with E-state index < -0.39 is 0 Å². The number of terminal acetylenes is 1. The third-order valence-electron chi connectivity index (χ3n) is 1.48. The van der Waals surface area contributed by atoms with Crippen LogP contribution in [-0.2, 0) is 0 Å². The van der Waals surface area contributed by atoms with Gasteiger partial charge in [-0.1, -0.05) is 5.92 Å². The van der Waals surface area contributed by atoms with Crippen molar-refractivity contribution >= 4 is 0 Å². The van der Waals surface area contributed by atoms with Crippen molar-refractivity contribution in [2.24, 2.45) is 0 Å². The predicted molar refractivity (Wildman–Crippen MR) is 48.1 cm³/mol. The summed E-state index contributed by atoms with van der Waals surface area (Å²) in [6.45, 7) is 4.48. The minimum absolute atomic E-state index is 0.628. The fourth-order valence-corrected chi connectivity index (χ4v) is 0.929. The summed E-state index contributed by atoms with van der Waals surface area (Å²) < 4.78 is 5.26. The lowest BCUT2D eigenvalue weighted by atomic mass is 10.2. The van der Waals surface area contributed by atoms with E-state index in [1.165, 1.54) is 0 Å². The Labute approximate surface area is 72.6 Å². The number of pyridine rings is 1. The van der Waals surface area contributed by atoms with E-state index in [0.29, 0.717) is 12.5 Å². The van der Waals surface area contributed by atoms with E-state index in [4.69, 9.17) is 11.2 Å². The van der Waals surface area contributed by atoms with Gasteiger partial charge in [-0.3, -0.25) is 0 Å². The molecule has 0 aliphatic rings. The van der Waals surface area contributed by atoms with Gasteiger partial charge in [0, 0.05) is 17.3 Å². The van der Waals surface area contributed by atoms with Gasteiger partial charge in [0.15, 0.2) is 0 Å². The Morgan fingerprint density at radius 2 is 2.42 bits per heavy atom. The summed E-state index contributed by atoms with van der Waals surface area (Å²) in [6, 6.07) is 1.89. The summed E-state index contributed by atoms with van der Waals surface area (Å²) >= 11 is 0. The molecule has 1 heterocycles. The Kier molecular flexibility index (Phi) is 2.71. The van der Waals surface area contributed by atoms with Gasteiger partial charge in [0.25, 0.3) is 0 Å². The van der Waals surface area contributed by atoms with Crippen LogP contribution >= 0.6 is 0 Å². The van der Waals surface area contributed by atoms with Crippen LogP contribution in [-0.4, -0.2) is 11.6 Å². The molecule has 1 aromatic heterocycles. The molecule has 0 atom stereocenters. The van der Waals surface area contributed by atoms with Crippen LogP contribution in [0.1, 0.15) is 18.1 Å². The highest BCUT2D eigenvalue weighted by Crippen LogP contribution is 2.14. The van der Waals surface area contributed by atoms with E-state index in [0.717, 1.165) is 11.1 Å². The van der Waals surface area contributed by atoms with E-state index in [-0.39, 0.29) is 0 Å². The molecule has 0 spiro atoms. The number of nitrogens with zero attached hydrogens (tertiary/aromatic N) is 1. The molecule has 0 saturated carbocycles. The second-order valence-corrected chi connectivity index (χ2v) is 2.42. The number of rotatable bonds is 2. The Morgan fingerprint density at radius 1 is 1.67 bits per heavy atom. The number of hydrogen-bond donors (Lipinski definition) is 0. The van der Waals surface area contributed by atoms with Gasteiger partial charge in [-0.05, 0) is 19.9 Å². The van der Waals surface area contributed by atoms with Crippen LogP contribution in [0.2, 0.25) is 0 Å². The monoisotopic (exact) mass is 161 g/mol. The van der Waals surface area contributed by atoms with Crippen LogP contribution in [0.5, 0.6) is 5.88 Å². The minimum Gasteiger partial charge on any atom is -0.478 e. The van der Waals surface area contributed by atoms with Crippen molar-refractivity contribution in [1.82, 2.24) is 4.98 Å². The van der Waals surface area contributed by atoms with Crippen LogP contribution in [0, 0.1) is 19.3 Å². The summed E-state index contributed by atoms with van der Waals surface area (Å²) in [5.41, 5.74) is 1.77. The molecular weight excluding hydrogens is 150 g/mol. The summed E-state index contributed by atoms with van der Waals surface area (Å²) in [6.07, 6.45) is 6.85. The molecule has 1 aromatic rings. The lowest BCUT2D eigenvalue weighted by Crippen LogP contribution is -1.97. The molecule has 62 valence electrons. The lowest BCUT2D eigenvalue weighted by Gasteiger charge is -2.04. The molecule has 0 N–H and O–H groups in total. The van der Waals surface area contributed by atoms with E-state index >= 15 is 0 Å². The summed E-state index contributed by atoms with van der Waals surface area (Å²) in [7, 11) is 0. The van der Waals surface area contributed by atoms with Gasteiger partial charge in [0.05, 0.1) is 6.61 Å².